The summed E-state index contributed by atoms with van der Waals surface area (Å²) in [6.07, 6.45) is 1.89. The van der Waals surface area contributed by atoms with Gasteiger partial charge in [-0.2, -0.15) is 0 Å². The Kier molecular flexibility index (Phi) is 6.16. The Balaban J connectivity index is 1.53. The van der Waals surface area contributed by atoms with Gasteiger partial charge in [-0.1, -0.05) is 30.3 Å². The average molecular weight is 423 g/mol. The summed E-state index contributed by atoms with van der Waals surface area (Å²) in [7, 11) is 0. The highest BCUT2D eigenvalue weighted by atomic mass is 32.1. The van der Waals surface area contributed by atoms with Gasteiger partial charge >= 0.3 is 0 Å². The van der Waals surface area contributed by atoms with Crippen LogP contribution < -0.4 is 5.32 Å². The minimum Gasteiger partial charge on any atom is -0.376 e. The SMILES string of the molecule is Cc1cccc(NC(=O)CN(CC2CCCO2)C(=O)c2cc3ccccc3s2)c1C. The lowest BCUT2D eigenvalue weighted by Gasteiger charge is -2.24. The molecule has 1 unspecified atom stereocenters. The van der Waals surface area contributed by atoms with Gasteiger partial charge in [-0.25, -0.2) is 0 Å². The van der Waals surface area contributed by atoms with E-state index >= 15 is 0 Å². The number of amides is 2. The van der Waals surface area contributed by atoms with Crippen molar-refractivity contribution in [2.45, 2.75) is 32.8 Å². The van der Waals surface area contributed by atoms with Crippen molar-refractivity contribution in [3.8, 4) is 0 Å². The maximum absolute atomic E-state index is 13.3. The number of carbonyl (C=O) groups is 2. The van der Waals surface area contributed by atoms with E-state index in [1.165, 1.54) is 11.3 Å². The summed E-state index contributed by atoms with van der Waals surface area (Å²) < 4.78 is 6.81. The third-order valence-electron chi connectivity index (χ3n) is 5.58. The number of hydrogen-bond donors (Lipinski definition) is 1. The standard InChI is InChI=1S/C24H26N2O3S/c1-16-7-5-10-20(17(16)2)25-23(27)15-26(14-19-9-6-12-29-19)24(28)22-13-18-8-3-4-11-21(18)30-22/h3-5,7-8,10-11,13,19H,6,9,12,14-15H2,1-2H3,(H,25,27). The summed E-state index contributed by atoms with van der Waals surface area (Å²) in [5.74, 6) is -0.320. The van der Waals surface area contributed by atoms with Gasteiger partial charge in [0.25, 0.3) is 5.91 Å². The van der Waals surface area contributed by atoms with Crippen LogP contribution >= 0.6 is 11.3 Å². The number of carbonyl (C=O) groups excluding carboxylic acids is 2. The molecule has 0 aliphatic carbocycles. The van der Waals surface area contributed by atoms with Gasteiger partial charge in [0.2, 0.25) is 5.91 Å². The summed E-state index contributed by atoms with van der Waals surface area (Å²) in [5.41, 5.74) is 2.93. The quantitative estimate of drug-likeness (QED) is 0.622. The van der Waals surface area contributed by atoms with Crippen LogP contribution in [0.4, 0.5) is 5.69 Å². The van der Waals surface area contributed by atoms with Gasteiger partial charge in [0.1, 0.15) is 6.54 Å². The number of benzene rings is 2. The van der Waals surface area contributed by atoms with E-state index in [-0.39, 0.29) is 24.5 Å². The minimum absolute atomic E-state index is 0.000318. The van der Waals surface area contributed by atoms with E-state index in [4.69, 9.17) is 4.74 Å². The smallest absolute Gasteiger partial charge is 0.264 e. The maximum atomic E-state index is 13.3. The highest BCUT2D eigenvalue weighted by Crippen LogP contribution is 2.27. The monoisotopic (exact) mass is 422 g/mol. The Morgan fingerprint density at radius 2 is 2.00 bits per heavy atom. The molecule has 1 aliphatic rings. The fourth-order valence-electron chi connectivity index (χ4n) is 3.75. The zero-order chi connectivity index (χ0) is 21.1. The summed E-state index contributed by atoms with van der Waals surface area (Å²) in [4.78, 5) is 28.4. The highest BCUT2D eigenvalue weighted by molar-refractivity contribution is 7.20. The molecule has 156 valence electrons. The van der Waals surface area contributed by atoms with Crippen molar-refractivity contribution < 1.29 is 14.3 Å². The van der Waals surface area contributed by atoms with Crippen LogP contribution in [0.3, 0.4) is 0 Å². The third-order valence-corrected chi connectivity index (χ3v) is 6.69. The molecule has 4 rings (SSSR count). The second-order valence-electron chi connectivity index (χ2n) is 7.76. The number of ether oxygens (including phenoxy) is 1. The average Bonchev–Trinajstić information content (AvgIpc) is 3.40. The second kappa shape index (κ2) is 8.98. The van der Waals surface area contributed by atoms with Crippen molar-refractivity contribution >= 4 is 38.9 Å². The summed E-state index contributed by atoms with van der Waals surface area (Å²) in [6, 6.07) is 15.7. The number of aryl methyl sites for hydroxylation is 1. The molecule has 2 aromatic carbocycles. The molecule has 0 saturated carbocycles. The molecule has 0 bridgehead atoms. The number of fused-ring (bicyclic) bond motifs is 1. The van der Waals surface area contributed by atoms with E-state index in [1.807, 2.05) is 62.4 Å². The van der Waals surface area contributed by atoms with Gasteiger partial charge in [-0.3, -0.25) is 9.59 Å². The number of rotatable bonds is 6. The van der Waals surface area contributed by atoms with Gasteiger partial charge in [-0.05, 0) is 61.4 Å². The van der Waals surface area contributed by atoms with Crippen LogP contribution in [0.15, 0.2) is 48.5 Å². The Labute approximate surface area is 180 Å². The normalized spacial score (nSPS) is 16.0. The van der Waals surface area contributed by atoms with Crippen molar-refractivity contribution in [1.29, 1.82) is 0 Å². The number of nitrogens with one attached hydrogen (secondary N) is 1. The molecule has 30 heavy (non-hydrogen) atoms. The first kappa shape index (κ1) is 20.6. The molecule has 2 heterocycles. The molecule has 1 aliphatic heterocycles. The fourth-order valence-corrected chi connectivity index (χ4v) is 4.78. The molecule has 2 amide bonds. The van der Waals surface area contributed by atoms with Crippen molar-refractivity contribution in [2.24, 2.45) is 0 Å². The van der Waals surface area contributed by atoms with Crippen LogP contribution in [0.1, 0.15) is 33.6 Å². The third kappa shape index (κ3) is 4.55. The van der Waals surface area contributed by atoms with Crippen molar-refractivity contribution in [1.82, 2.24) is 4.90 Å². The number of nitrogens with zero attached hydrogens (tertiary/aromatic N) is 1. The van der Waals surface area contributed by atoms with E-state index in [0.717, 1.165) is 39.7 Å². The van der Waals surface area contributed by atoms with Crippen LogP contribution in [0.5, 0.6) is 0 Å². The van der Waals surface area contributed by atoms with Crippen LogP contribution in [0.25, 0.3) is 10.1 Å². The van der Waals surface area contributed by atoms with E-state index < -0.39 is 0 Å². The van der Waals surface area contributed by atoms with E-state index in [2.05, 4.69) is 5.32 Å². The lowest BCUT2D eigenvalue weighted by Crippen LogP contribution is -2.42. The molecule has 1 fully saturated rings. The van der Waals surface area contributed by atoms with Crippen molar-refractivity contribution in [2.75, 3.05) is 25.0 Å². The van der Waals surface area contributed by atoms with E-state index in [9.17, 15) is 9.59 Å². The highest BCUT2D eigenvalue weighted by Gasteiger charge is 2.26. The van der Waals surface area contributed by atoms with Crippen LogP contribution in [0.2, 0.25) is 0 Å². The lowest BCUT2D eigenvalue weighted by molar-refractivity contribution is -0.117. The largest absolute Gasteiger partial charge is 0.376 e. The zero-order valence-electron chi connectivity index (χ0n) is 17.3. The van der Waals surface area contributed by atoms with Crippen LogP contribution in [-0.4, -0.2) is 42.5 Å². The van der Waals surface area contributed by atoms with Crippen molar-refractivity contribution in [3.05, 3.63) is 64.5 Å². The predicted molar refractivity (Wildman–Crippen MR) is 121 cm³/mol. The molecule has 1 N–H and O–H groups in total. The lowest BCUT2D eigenvalue weighted by atomic mass is 10.1. The second-order valence-corrected chi connectivity index (χ2v) is 8.85. The maximum Gasteiger partial charge on any atom is 0.264 e. The van der Waals surface area contributed by atoms with E-state index in [0.29, 0.717) is 18.0 Å². The van der Waals surface area contributed by atoms with Gasteiger partial charge in [0.15, 0.2) is 0 Å². The van der Waals surface area contributed by atoms with Gasteiger partial charge in [-0.15, -0.1) is 11.3 Å². The van der Waals surface area contributed by atoms with Crippen molar-refractivity contribution in [3.63, 3.8) is 0 Å². The van der Waals surface area contributed by atoms with Crippen LogP contribution in [0, 0.1) is 13.8 Å². The molecule has 1 atom stereocenters. The van der Waals surface area contributed by atoms with E-state index in [1.54, 1.807) is 4.90 Å². The summed E-state index contributed by atoms with van der Waals surface area (Å²) in [6.45, 7) is 5.13. The molecule has 6 heteroatoms. The van der Waals surface area contributed by atoms with Gasteiger partial charge < -0.3 is 15.0 Å². The predicted octanol–water partition coefficient (Wildman–Crippen LogP) is 4.78. The topological polar surface area (TPSA) is 58.6 Å². The molecule has 0 radical (unpaired) electrons. The minimum atomic E-state index is -0.198. The zero-order valence-corrected chi connectivity index (χ0v) is 18.1. The number of hydrogen-bond acceptors (Lipinski definition) is 4. The molecule has 3 aromatic rings. The molecule has 1 saturated heterocycles. The first-order valence-corrected chi connectivity index (χ1v) is 11.1. The summed E-state index contributed by atoms with van der Waals surface area (Å²) in [5, 5.41) is 4.01. The Morgan fingerprint density at radius 1 is 1.17 bits per heavy atom. The summed E-state index contributed by atoms with van der Waals surface area (Å²) >= 11 is 1.46. The van der Waals surface area contributed by atoms with Crippen LogP contribution in [-0.2, 0) is 9.53 Å². The molecule has 5 nitrogen and oxygen atoms in total. The molecule has 1 aromatic heterocycles. The number of anilines is 1. The first-order valence-electron chi connectivity index (χ1n) is 10.3. The molecule has 0 spiro atoms. The Bertz CT molecular complexity index is 1040. The number of thiophene rings is 1. The first-order chi connectivity index (χ1) is 14.5. The molecular formula is C24H26N2O3S. The fraction of sp³-hybridized carbons (Fsp3) is 0.333. The Morgan fingerprint density at radius 3 is 2.77 bits per heavy atom. The van der Waals surface area contributed by atoms with Gasteiger partial charge in [0, 0.05) is 23.5 Å². The molecular weight excluding hydrogens is 396 g/mol. The Hall–Kier alpha value is -2.70. The van der Waals surface area contributed by atoms with Gasteiger partial charge in [0.05, 0.1) is 11.0 Å².